The van der Waals surface area contributed by atoms with Crippen molar-refractivity contribution in [1.29, 1.82) is 0 Å². The number of carbonyl (C=O) groups is 1. The highest BCUT2D eigenvalue weighted by atomic mass is 16.5. The molecule has 0 spiro atoms. The molecular weight excluding hydrogens is 344 g/mol. The summed E-state index contributed by atoms with van der Waals surface area (Å²) >= 11 is 0. The van der Waals surface area contributed by atoms with Gasteiger partial charge in [-0.15, -0.1) is 0 Å². The minimum atomic E-state index is 0.0252. The van der Waals surface area contributed by atoms with Crippen LogP contribution in [-0.4, -0.2) is 12.6 Å². The molecule has 0 radical (unpaired) electrons. The van der Waals surface area contributed by atoms with E-state index in [1.807, 2.05) is 0 Å². The van der Waals surface area contributed by atoms with E-state index < -0.39 is 0 Å². The fourth-order valence-electron chi connectivity index (χ4n) is 3.84. The third-order valence-electron chi connectivity index (χ3n) is 5.77. The van der Waals surface area contributed by atoms with Crippen molar-refractivity contribution >= 4 is 5.97 Å². The quantitative estimate of drug-likeness (QED) is 0.161. The Morgan fingerprint density at radius 3 is 1.82 bits per heavy atom. The summed E-state index contributed by atoms with van der Waals surface area (Å²) in [6, 6.07) is 0. The molecule has 0 aliphatic carbocycles. The van der Waals surface area contributed by atoms with Crippen molar-refractivity contribution < 1.29 is 9.53 Å². The van der Waals surface area contributed by atoms with E-state index in [0.717, 1.165) is 25.2 Å². The number of hydrogen-bond donors (Lipinski definition) is 0. The van der Waals surface area contributed by atoms with Crippen LogP contribution in [0.2, 0.25) is 0 Å². The molecule has 28 heavy (non-hydrogen) atoms. The number of carbonyl (C=O) groups excluding carboxylic acids is 1. The number of rotatable bonds is 19. The molecule has 0 aliphatic heterocycles. The summed E-state index contributed by atoms with van der Waals surface area (Å²) in [7, 11) is 0. The van der Waals surface area contributed by atoms with Crippen LogP contribution in [0.4, 0.5) is 0 Å². The van der Waals surface area contributed by atoms with Crippen LogP contribution in [0.1, 0.15) is 144 Å². The topological polar surface area (TPSA) is 26.3 Å². The van der Waals surface area contributed by atoms with E-state index in [1.54, 1.807) is 0 Å². The van der Waals surface area contributed by atoms with Gasteiger partial charge in [-0.3, -0.25) is 4.79 Å². The average Bonchev–Trinajstić information content (AvgIpc) is 2.64. The predicted molar refractivity (Wildman–Crippen MR) is 124 cm³/mol. The minimum absolute atomic E-state index is 0.0252. The smallest absolute Gasteiger partial charge is 0.305 e. The Balaban J connectivity index is 3.96. The number of ether oxygens (including phenoxy) is 1. The molecule has 0 aromatic rings. The molecule has 0 aromatic heterocycles. The van der Waals surface area contributed by atoms with Crippen LogP contribution in [0, 0.1) is 11.3 Å². The molecule has 2 heteroatoms. The third kappa shape index (κ3) is 20.2. The van der Waals surface area contributed by atoms with E-state index in [-0.39, 0.29) is 5.97 Å². The Labute approximate surface area is 177 Å². The van der Waals surface area contributed by atoms with E-state index in [2.05, 4.69) is 34.6 Å². The Bertz CT molecular complexity index is 343. The van der Waals surface area contributed by atoms with Gasteiger partial charge in [0, 0.05) is 6.42 Å². The highest BCUT2D eigenvalue weighted by Crippen LogP contribution is 2.24. The molecule has 2 nitrogen and oxygen atoms in total. The average molecular weight is 397 g/mol. The van der Waals surface area contributed by atoms with Crippen molar-refractivity contribution in [2.45, 2.75) is 144 Å². The number of esters is 1. The van der Waals surface area contributed by atoms with Gasteiger partial charge in [0.05, 0.1) is 6.61 Å². The van der Waals surface area contributed by atoms with Gasteiger partial charge in [-0.25, -0.2) is 0 Å². The monoisotopic (exact) mass is 396 g/mol. The molecular formula is C26H52O2. The zero-order valence-corrected chi connectivity index (χ0v) is 20.1. The largest absolute Gasteiger partial charge is 0.466 e. The zero-order valence-electron chi connectivity index (χ0n) is 20.1. The van der Waals surface area contributed by atoms with Gasteiger partial charge in [-0.1, -0.05) is 112 Å². The zero-order chi connectivity index (χ0) is 21.1. The van der Waals surface area contributed by atoms with Crippen LogP contribution in [0.25, 0.3) is 0 Å². The van der Waals surface area contributed by atoms with Gasteiger partial charge < -0.3 is 4.74 Å². The minimum Gasteiger partial charge on any atom is -0.466 e. The second-order valence-electron chi connectivity index (χ2n) is 10.0. The lowest BCUT2D eigenvalue weighted by Crippen LogP contribution is -2.10. The molecule has 0 saturated heterocycles. The van der Waals surface area contributed by atoms with Gasteiger partial charge >= 0.3 is 5.97 Å². The lowest BCUT2D eigenvalue weighted by Gasteiger charge is -2.18. The Morgan fingerprint density at radius 1 is 0.714 bits per heavy atom. The first-order valence-electron chi connectivity index (χ1n) is 12.5. The maximum Gasteiger partial charge on any atom is 0.305 e. The van der Waals surface area contributed by atoms with Crippen LogP contribution in [-0.2, 0) is 9.53 Å². The molecule has 0 rings (SSSR count). The molecule has 168 valence electrons. The number of unbranched alkanes of at least 4 members (excludes halogenated alkanes) is 9. The van der Waals surface area contributed by atoms with Gasteiger partial charge in [0.25, 0.3) is 0 Å². The van der Waals surface area contributed by atoms with Crippen LogP contribution >= 0.6 is 0 Å². The van der Waals surface area contributed by atoms with Gasteiger partial charge in [-0.2, -0.15) is 0 Å². The Kier molecular flexibility index (Phi) is 18.1. The summed E-state index contributed by atoms with van der Waals surface area (Å²) in [5.41, 5.74) is 0.381. The van der Waals surface area contributed by atoms with Crippen molar-refractivity contribution in [3.05, 3.63) is 0 Å². The first kappa shape index (κ1) is 27.5. The van der Waals surface area contributed by atoms with Crippen LogP contribution < -0.4 is 0 Å². The van der Waals surface area contributed by atoms with E-state index >= 15 is 0 Å². The third-order valence-corrected chi connectivity index (χ3v) is 5.77. The van der Waals surface area contributed by atoms with Gasteiger partial charge in [0.1, 0.15) is 0 Å². The summed E-state index contributed by atoms with van der Waals surface area (Å²) in [6.07, 6.45) is 21.1. The summed E-state index contributed by atoms with van der Waals surface area (Å²) in [6.45, 7) is 11.9. The van der Waals surface area contributed by atoms with E-state index in [4.69, 9.17) is 4.74 Å². The highest BCUT2D eigenvalue weighted by Gasteiger charge is 2.13. The lowest BCUT2D eigenvalue weighted by atomic mass is 9.90. The van der Waals surface area contributed by atoms with Crippen LogP contribution in [0.15, 0.2) is 0 Å². The predicted octanol–water partition coefficient (Wildman–Crippen LogP) is 8.86. The first-order valence-corrected chi connectivity index (χ1v) is 12.5. The van der Waals surface area contributed by atoms with E-state index in [9.17, 15) is 4.79 Å². The van der Waals surface area contributed by atoms with Crippen molar-refractivity contribution in [2.24, 2.45) is 11.3 Å². The molecule has 0 aliphatic rings. The highest BCUT2D eigenvalue weighted by molar-refractivity contribution is 5.69. The standard InChI is InChI=1S/C26H52O2/c1-6-8-10-12-13-15-19-24(18-14-11-9-7-2)20-21-25(27)28-23-17-16-22-26(3,4)5/h24H,6-23H2,1-5H3. The fourth-order valence-corrected chi connectivity index (χ4v) is 3.84. The second-order valence-corrected chi connectivity index (χ2v) is 10.0. The normalized spacial score (nSPS) is 12.9. The van der Waals surface area contributed by atoms with Crippen molar-refractivity contribution in [3.63, 3.8) is 0 Å². The Hall–Kier alpha value is -0.530. The SMILES string of the molecule is CCCCCCCCC(CCCCCC)CCC(=O)OCCCCC(C)(C)C. The summed E-state index contributed by atoms with van der Waals surface area (Å²) in [4.78, 5) is 12.1. The maximum absolute atomic E-state index is 12.1. The van der Waals surface area contributed by atoms with Gasteiger partial charge in [0.15, 0.2) is 0 Å². The fraction of sp³-hybridized carbons (Fsp3) is 0.962. The summed E-state index contributed by atoms with van der Waals surface area (Å²) in [5, 5.41) is 0. The molecule has 0 saturated carbocycles. The van der Waals surface area contributed by atoms with Gasteiger partial charge in [-0.05, 0) is 37.0 Å². The first-order chi connectivity index (χ1) is 13.4. The van der Waals surface area contributed by atoms with Gasteiger partial charge in [0.2, 0.25) is 0 Å². The van der Waals surface area contributed by atoms with Crippen molar-refractivity contribution in [3.8, 4) is 0 Å². The summed E-state index contributed by atoms with van der Waals surface area (Å²) in [5.74, 6) is 0.744. The molecule has 0 aromatic carbocycles. The molecule has 1 unspecified atom stereocenters. The van der Waals surface area contributed by atoms with Crippen molar-refractivity contribution in [2.75, 3.05) is 6.61 Å². The second kappa shape index (κ2) is 18.5. The molecule has 0 fully saturated rings. The molecule has 0 heterocycles. The molecule has 1 atom stereocenters. The van der Waals surface area contributed by atoms with E-state index in [0.29, 0.717) is 18.4 Å². The van der Waals surface area contributed by atoms with E-state index in [1.165, 1.54) is 83.5 Å². The van der Waals surface area contributed by atoms with Crippen LogP contribution in [0.3, 0.4) is 0 Å². The maximum atomic E-state index is 12.1. The lowest BCUT2D eigenvalue weighted by molar-refractivity contribution is -0.144. The molecule has 0 amide bonds. The summed E-state index contributed by atoms with van der Waals surface area (Å²) < 4.78 is 5.48. The molecule has 0 N–H and O–H groups in total. The molecule has 0 bridgehead atoms. The Morgan fingerprint density at radius 2 is 1.25 bits per heavy atom. The van der Waals surface area contributed by atoms with Crippen molar-refractivity contribution in [1.82, 2.24) is 0 Å². The van der Waals surface area contributed by atoms with Crippen LogP contribution in [0.5, 0.6) is 0 Å². The number of hydrogen-bond acceptors (Lipinski definition) is 2.